The SMILES string of the molecule is COC(=O)c1ccc(OCC(=O)NC(C)c2ccc3c(c2)OCO3)cc1. The number of ether oxygens (including phenoxy) is 4. The molecule has 1 atom stereocenters. The summed E-state index contributed by atoms with van der Waals surface area (Å²) in [5.74, 6) is 1.18. The van der Waals surface area contributed by atoms with Crippen molar-refractivity contribution in [3.8, 4) is 17.2 Å². The van der Waals surface area contributed by atoms with E-state index < -0.39 is 5.97 Å². The van der Waals surface area contributed by atoms with Crippen LogP contribution < -0.4 is 19.5 Å². The maximum atomic E-state index is 12.1. The number of esters is 1. The lowest BCUT2D eigenvalue weighted by molar-refractivity contribution is -0.123. The molecular formula is C19H19NO6. The molecule has 3 rings (SSSR count). The van der Waals surface area contributed by atoms with Crippen molar-refractivity contribution < 1.29 is 28.5 Å². The quantitative estimate of drug-likeness (QED) is 0.800. The number of methoxy groups -OCH3 is 1. The van der Waals surface area contributed by atoms with E-state index >= 15 is 0 Å². The first-order chi connectivity index (χ1) is 12.6. The normalized spacial score (nSPS) is 13.0. The van der Waals surface area contributed by atoms with Crippen molar-refractivity contribution in [2.75, 3.05) is 20.5 Å². The molecule has 2 aromatic rings. The minimum absolute atomic E-state index is 0.132. The monoisotopic (exact) mass is 357 g/mol. The molecule has 7 nitrogen and oxygen atoms in total. The Balaban J connectivity index is 1.51. The third-order valence-corrected chi connectivity index (χ3v) is 3.92. The number of hydrogen-bond acceptors (Lipinski definition) is 6. The van der Waals surface area contributed by atoms with E-state index in [0.717, 1.165) is 5.56 Å². The zero-order chi connectivity index (χ0) is 18.5. The van der Waals surface area contributed by atoms with Gasteiger partial charge in [0.05, 0.1) is 18.7 Å². The van der Waals surface area contributed by atoms with E-state index in [2.05, 4.69) is 10.1 Å². The second kappa shape index (κ2) is 7.77. The highest BCUT2D eigenvalue weighted by molar-refractivity contribution is 5.89. The summed E-state index contributed by atoms with van der Waals surface area (Å²) in [4.78, 5) is 23.5. The number of carbonyl (C=O) groups excluding carboxylic acids is 2. The number of amides is 1. The molecule has 0 saturated carbocycles. The highest BCUT2D eigenvalue weighted by Gasteiger charge is 2.17. The summed E-state index contributed by atoms with van der Waals surface area (Å²) in [5.41, 5.74) is 1.32. The van der Waals surface area contributed by atoms with Crippen LogP contribution in [0.1, 0.15) is 28.9 Å². The first-order valence-corrected chi connectivity index (χ1v) is 8.07. The molecule has 0 fully saturated rings. The van der Waals surface area contributed by atoms with Crippen molar-refractivity contribution in [1.29, 1.82) is 0 Å². The van der Waals surface area contributed by atoms with E-state index in [9.17, 15) is 9.59 Å². The van der Waals surface area contributed by atoms with Crippen molar-refractivity contribution in [3.05, 3.63) is 53.6 Å². The molecule has 0 aromatic heterocycles. The molecule has 26 heavy (non-hydrogen) atoms. The zero-order valence-electron chi connectivity index (χ0n) is 14.5. The Labute approximate surface area is 150 Å². The van der Waals surface area contributed by atoms with Crippen molar-refractivity contribution in [1.82, 2.24) is 5.32 Å². The lowest BCUT2D eigenvalue weighted by Crippen LogP contribution is -2.31. The zero-order valence-corrected chi connectivity index (χ0v) is 14.5. The molecule has 2 aromatic carbocycles. The molecule has 1 aliphatic heterocycles. The molecule has 1 unspecified atom stereocenters. The molecule has 7 heteroatoms. The molecule has 0 aliphatic carbocycles. The van der Waals surface area contributed by atoms with Crippen LogP contribution in [-0.4, -0.2) is 32.4 Å². The van der Waals surface area contributed by atoms with Crippen LogP contribution >= 0.6 is 0 Å². The Bertz CT molecular complexity index is 802. The predicted molar refractivity (Wildman–Crippen MR) is 92.4 cm³/mol. The van der Waals surface area contributed by atoms with Gasteiger partial charge in [0.1, 0.15) is 5.75 Å². The fraction of sp³-hybridized carbons (Fsp3) is 0.263. The third kappa shape index (κ3) is 4.05. The Morgan fingerprint density at radius 3 is 2.58 bits per heavy atom. The number of hydrogen-bond donors (Lipinski definition) is 1. The molecular weight excluding hydrogens is 338 g/mol. The molecule has 0 saturated heterocycles. The molecule has 1 heterocycles. The highest BCUT2D eigenvalue weighted by Crippen LogP contribution is 2.34. The van der Waals surface area contributed by atoms with Gasteiger partial charge in [0.15, 0.2) is 18.1 Å². The van der Waals surface area contributed by atoms with Gasteiger partial charge >= 0.3 is 5.97 Å². The lowest BCUT2D eigenvalue weighted by Gasteiger charge is -2.15. The summed E-state index contributed by atoms with van der Waals surface area (Å²) < 4.78 is 20.7. The minimum atomic E-state index is -0.424. The Hall–Kier alpha value is -3.22. The van der Waals surface area contributed by atoms with E-state index in [4.69, 9.17) is 14.2 Å². The molecule has 1 N–H and O–H groups in total. The number of benzene rings is 2. The van der Waals surface area contributed by atoms with Crippen LogP contribution in [-0.2, 0) is 9.53 Å². The molecule has 0 radical (unpaired) electrons. The van der Waals surface area contributed by atoms with Gasteiger partial charge in [0.25, 0.3) is 5.91 Å². The summed E-state index contributed by atoms with van der Waals surface area (Å²) in [5, 5.41) is 2.86. The molecule has 1 amide bonds. The number of nitrogens with one attached hydrogen (secondary N) is 1. The van der Waals surface area contributed by atoms with Gasteiger partial charge < -0.3 is 24.3 Å². The number of rotatable bonds is 6. The second-order valence-electron chi connectivity index (χ2n) is 5.71. The molecule has 1 aliphatic rings. The van der Waals surface area contributed by atoms with E-state index in [1.165, 1.54) is 7.11 Å². The van der Waals surface area contributed by atoms with Gasteiger partial charge in [-0.05, 0) is 48.9 Å². The largest absolute Gasteiger partial charge is 0.484 e. The Morgan fingerprint density at radius 1 is 1.12 bits per heavy atom. The van der Waals surface area contributed by atoms with E-state index in [1.54, 1.807) is 24.3 Å². The fourth-order valence-electron chi connectivity index (χ4n) is 2.50. The summed E-state index contributed by atoms with van der Waals surface area (Å²) in [6, 6.07) is 11.7. The summed E-state index contributed by atoms with van der Waals surface area (Å²) in [6.45, 7) is 1.95. The predicted octanol–water partition coefficient (Wildman–Crippen LogP) is 2.46. The van der Waals surface area contributed by atoms with Crippen LogP contribution in [0.4, 0.5) is 0 Å². The summed E-state index contributed by atoms with van der Waals surface area (Å²) >= 11 is 0. The average Bonchev–Trinajstić information content (AvgIpc) is 3.14. The molecule has 0 bridgehead atoms. The number of carbonyl (C=O) groups is 2. The second-order valence-corrected chi connectivity index (χ2v) is 5.71. The van der Waals surface area contributed by atoms with Crippen molar-refractivity contribution in [2.45, 2.75) is 13.0 Å². The van der Waals surface area contributed by atoms with E-state index in [0.29, 0.717) is 22.8 Å². The van der Waals surface area contributed by atoms with Crippen LogP contribution in [0.15, 0.2) is 42.5 Å². The van der Waals surface area contributed by atoms with Crippen LogP contribution in [0.5, 0.6) is 17.2 Å². The van der Waals surface area contributed by atoms with Gasteiger partial charge in [0, 0.05) is 0 Å². The first kappa shape index (κ1) is 17.6. The topological polar surface area (TPSA) is 83.1 Å². The highest BCUT2D eigenvalue weighted by atomic mass is 16.7. The lowest BCUT2D eigenvalue weighted by atomic mass is 10.1. The Morgan fingerprint density at radius 2 is 1.85 bits per heavy atom. The van der Waals surface area contributed by atoms with Crippen molar-refractivity contribution in [3.63, 3.8) is 0 Å². The van der Waals surface area contributed by atoms with Crippen molar-refractivity contribution in [2.24, 2.45) is 0 Å². The first-order valence-electron chi connectivity index (χ1n) is 8.07. The minimum Gasteiger partial charge on any atom is -0.484 e. The third-order valence-electron chi connectivity index (χ3n) is 3.92. The van der Waals surface area contributed by atoms with Crippen LogP contribution in [0.25, 0.3) is 0 Å². The summed E-state index contributed by atoms with van der Waals surface area (Å²) in [6.07, 6.45) is 0. The maximum absolute atomic E-state index is 12.1. The van der Waals surface area contributed by atoms with Gasteiger partial charge in [-0.1, -0.05) is 6.07 Å². The van der Waals surface area contributed by atoms with E-state index in [1.807, 2.05) is 25.1 Å². The van der Waals surface area contributed by atoms with Crippen molar-refractivity contribution >= 4 is 11.9 Å². The van der Waals surface area contributed by atoms with Crippen LogP contribution in [0.3, 0.4) is 0 Å². The maximum Gasteiger partial charge on any atom is 0.337 e. The Kier molecular flexibility index (Phi) is 5.26. The fourth-order valence-corrected chi connectivity index (χ4v) is 2.50. The van der Waals surface area contributed by atoms with Crippen LogP contribution in [0.2, 0.25) is 0 Å². The van der Waals surface area contributed by atoms with E-state index in [-0.39, 0.29) is 25.3 Å². The van der Waals surface area contributed by atoms with Gasteiger partial charge in [0.2, 0.25) is 6.79 Å². The summed E-state index contributed by atoms with van der Waals surface area (Å²) in [7, 11) is 1.32. The smallest absolute Gasteiger partial charge is 0.337 e. The molecule has 0 spiro atoms. The van der Waals surface area contributed by atoms with Gasteiger partial charge in [-0.25, -0.2) is 4.79 Å². The molecule has 136 valence electrons. The van der Waals surface area contributed by atoms with Gasteiger partial charge in [-0.3, -0.25) is 4.79 Å². The van der Waals surface area contributed by atoms with Gasteiger partial charge in [-0.15, -0.1) is 0 Å². The average molecular weight is 357 g/mol. The number of fused-ring (bicyclic) bond motifs is 1. The standard InChI is InChI=1S/C19H19NO6/c1-12(14-5-8-16-17(9-14)26-11-25-16)20-18(21)10-24-15-6-3-13(4-7-15)19(22)23-2/h3-9,12H,10-11H2,1-2H3,(H,20,21). The van der Waals surface area contributed by atoms with Crippen LogP contribution in [0, 0.1) is 0 Å². The van der Waals surface area contributed by atoms with Gasteiger partial charge in [-0.2, -0.15) is 0 Å².